The molecule has 2 aliphatic rings. The quantitative estimate of drug-likeness (QED) is 0.505. The van der Waals surface area contributed by atoms with Gasteiger partial charge < -0.3 is 10.1 Å². The molecule has 0 aliphatic carbocycles. The molecule has 0 radical (unpaired) electrons. The van der Waals surface area contributed by atoms with Gasteiger partial charge in [-0.05, 0) is 52.4 Å². The predicted octanol–water partition coefficient (Wildman–Crippen LogP) is 4.42. The van der Waals surface area contributed by atoms with Gasteiger partial charge >= 0.3 is 0 Å². The molecule has 6 rings (SSSR count). The second-order valence-corrected chi connectivity index (χ2v) is 7.68. The zero-order chi connectivity index (χ0) is 20.9. The maximum atomic E-state index is 15.0. The Kier molecular flexibility index (Phi) is 4.00. The fourth-order valence-corrected chi connectivity index (χ4v) is 4.34. The third-order valence-electron chi connectivity index (χ3n) is 5.50. The molecule has 152 valence electrons. The molecule has 0 bridgehead atoms. The number of hydrogen-bond donors (Lipinski definition) is 1. The first kappa shape index (κ1) is 18.0. The lowest BCUT2D eigenvalue weighted by Crippen LogP contribution is -2.32. The molecule has 9 heteroatoms. The number of tetrazole rings is 1. The molecule has 0 amide bonds. The van der Waals surface area contributed by atoms with Crippen molar-refractivity contribution in [2.75, 3.05) is 5.32 Å². The molecule has 0 spiro atoms. The van der Waals surface area contributed by atoms with Crippen LogP contribution in [0.5, 0.6) is 5.75 Å². The van der Waals surface area contributed by atoms with Crippen LogP contribution in [-0.2, 0) is 0 Å². The lowest BCUT2D eigenvalue weighted by atomic mass is 9.84. The summed E-state index contributed by atoms with van der Waals surface area (Å²) >= 11 is 6.30. The van der Waals surface area contributed by atoms with Crippen LogP contribution in [0.1, 0.15) is 28.8 Å². The highest BCUT2D eigenvalue weighted by Gasteiger charge is 2.42. The van der Waals surface area contributed by atoms with E-state index in [-0.39, 0.29) is 5.82 Å². The molecule has 7 nitrogen and oxygen atoms in total. The maximum Gasteiger partial charge on any atom is 0.248 e. The Morgan fingerprint density at radius 2 is 1.90 bits per heavy atom. The van der Waals surface area contributed by atoms with Gasteiger partial charge in [-0.2, -0.15) is 4.68 Å². The highest BCUT2D eigenvalue weighted by molar-refractivity contribution is 6.30. The Morgan fingerprint density at radius 3 is 2.74 bits per heavy atom. The van der Waals surface area contributed by atoms with Crippen molar-refractivity contribution < 1.29 is 9.13 Å². The van der Waals surface area contributed by atoms with Crippen molar-refractivity contribution in [2.24, 2.45) is 0 Å². The third kappa shape index (κ3) is 2.79. The van der Waals surface area contributed by atoms with Gasteiger partial charge in [-0.1, -0.05) is 34.9 Å². The molecule has 31 heavy (non-hydrogen) atoms. The molecule has 2 aromatic carbocycles. The number of fused-ring (bicyclic) bond motifs is 3. The van der Waals surface area contributed by atoms with Gasteiger partial charge in [0.2, 0.25) is 5.95 Å². The molecular weight excluding hydrogens is 419 g/mol. The lowest BCUT2D eigenvalue weighted by Gasteiger charge is -2.38. The lowest BCUT2D eigenvalue weighted by molar-refractivity contribution is 0.222. The van der Waals surface area contributed by atoms with Crippen molar-refractivity contribution in [3.8, 4) is 5.75 Å². The summed E-state index contributed by atoms with van der Waals surface area (Å²) in [5, 5.41) is 15.9. The summed E-state index contributed by atoms with van der Waals surface area (Å²) in [4.78, 5) is 4.12. The SMILES string of the molecule is Fc1ccccc1C1C2=C(Nc3nnnn31)c1cc(Cl)ccc1OC2c1ccncc1. The minimum atomic E-state index is -0.618. The standard InChI is InChI=1S/C22H14ClFN6O/c23-13-5-6-17-15(11-13)19-18(21(31-17)12-7-9-25-10-8-12)20(14-3-1-2-4-16(14)24)30-22(26-19)27-28-29-30/h1-11,20-21H,(H,26,27,29). The van der Waals surface area contributed by atoms with Crippen molar-refractivity contribution in [1.82, 2.24) is 25.2 Å². The number of hydrogen-bond acceptors (Lipinski definition) is 6. The molecule has 2 aliphatic heterocycles. The average Bonchev–Trinajstić information content (AvgIpc) is 3.27. The van der Waals surface area contributed by atoms with Crippen molar-refractivity contribution in [1.29, 1.82) is 0 Å². The number of anilines is 1. The molecule has 1 N–H and O–H groups in total. The van der Waals surface area contributed by atoms with E-state index >= 15 is 4.39 Å². The molecule has 2 aromatic heterocycles. The average molecular weight is 433 g/mol. The van der Waals surface area contributed by atoms with E-state index in [4.69, 9.17) is 16.3 Å². The zero-order valence-corrected chi connectivity index (χ0v) is 16.7. The monoisotopic (exact) mass is 432 g/mol. The van der Waals surface area contributed by atoms with Crippen molar-refractivity contribution in [3.05, 3.63) is 100 Å². The van der Waals surface area contributed by atoms with Crippen LogP contribution >= 0.6 is 11.6 Å². The number of pyridine rings is 1. The molecule has 4 heterocycles. The Labute approximate surface area is 181 Å². The van der Waals surface area contributed by atoms with Crippen molar-refractivity contribution >= 4 is 23.2 Å². The predicted molar refractivity (Wildman–Crippen MR) is 112 cm³/mol. The third-order valence-corrected chi connectivity index (χ3v) is 5.74. The normalized spacial score (nSPS) is 19.0. The number of rotatable bonds is 2. The van der Waals surface area contributed by atoms with Gasteiger partial charge in [0.15, 0.2) is 0 Å². The van der Waals surface area contributed by atoms with E-state index in [1.165, 1.54) is 6.07 Å². The van der Waals surface area contributed by atoms with Crippen LogP contribution in [0.15, 0.2) is 72.6 Å². The first-order valence-electron chi connectivity index (χ1n) is 9.60. The summed E-state index contributed by atoms with van der Waals surface area (Å²) in [5.41, 5.74) is 3.62. The number of ether oxygens (including phenoxy) is 1. The number of halogens is 2. The minimum absolute atomic E-state index is 0.354. The van der Waals surface area contributed by atoms with Gasteiger partial charge in [0.1, 0.15) is 23.7 Å². The van der Waals surface area contributed by atoms with Crippen LogP contribution < -0.4 is 10.1 Å². The van der Waals surface area contributed by atoms with Crippen molar-refractivity contribution in [2.45, 2.75) is 12.1 Å². The fraction of sp³-hybridized carbons (Fsp3) is 0.0909. The summed E-state index contributed by atoms with van der Waals surface area (Å²) in [5.74, 6) is 0.715. The van der Waals surface area contributed by atoms with Gasteiger partial charge in [-0.25, -0.2) is 4.39 Å². The summed E-state index contributed by atoms with van der Waals surface area (Å²) in [6.07, 6.45) is 2.89. The van der Waals surface area contributed by atoms with E-state index in [2.05, 4.69) is 25.8 Å². The highest BCUT2D eigenvalue weighted by Crippen LogP contribution is 2.51. The molecular formula is C22H14ClFN6O. The molecule has 0 saturated carbocycles. The van der Waals surface area contributed by atoms with Crippen molar-refractivity contribution in [3.63, 3.8) is 0 Å². The Morgan fingerprint density at radius 1 is 1.06 bits per heavy atom. The Bertz CT molecular complexity index is 1340. The topological polar surface area (TPSA) is 77.8 Å². The van der Waals surface area contributed by atoms with E-state index in [9.17, 15) is 0 Å². The second kappa shape index (κ2) is 6.88. The number of benzene rings is 2. The first-order valence-corrected chi connectivity index (χ1v) is 9.98. The molecule has 4 aromatic rings. The summed E-state index contributed by atoms with van der Waals surface area (Å²) in [7, 11) is 0. The molecule has 2 unspecified atom stereocenters. The molecule has 0 fully saturated rings. The maximum absolute atomic E-state index is 15.0. The summed E-state index contributed by atoms with van der Waals surface area (Å²) in [6.45, 7) is 0. The minimum Gasteiger partial charge on any atom is -0.480 e. The number of aromatic nitrogens is 5. The zero-order valence-electron chi connectivity index (χ0n) is 15.9. The van der Waals surface area contributed by atoms with Gasteiger partial charge in [-0.3, -0.25) is 4.98 Å². The van der Waals surface area contributed by atoms with Gasteiger partial charge in [0.05, 0.1) is 5.70 Å². The van der Waals surface area contributed by atoms with Crippen LogP contribution in [0.2, 0.25) is 5.02 Å². The van der Waals surface area contributed by atoms with E-state index in [1.807, 2.05) is 24.3 Å². The van der Waals surface area contributed by atoms with Gasteiger partial charge in [-0.15, -0.1) is 0 Å². The second-order valence-electron chi connectivity index (χ2n) is 7.25. The van der Waals surface area contributed by atoms with E-state index < -0.39 is 12.1 Å². The van der Waals surface area contributed by atoms with E-state index in [1.54, 1.807) is 41.3 Å². The summed E-state index contributed by atoms with van der Waals surface area (Å²) in [6, 6.07) is 15.2. The van der Waals surface area contributed by atoms with Gasteiger partial charge in [0.25, 0.3) is 0 Å². The molecule has 2 atom stereocenters. The van der Waals surface area contributed by atoms with E-state index in [0.29, 0.717) is 22.3 Å². The Hall–Kier alpha value is -3.78. The van der Waals surface area contributed by atoms with E-state index in [0.717, 1.165) is 22.4 Å². The van der Waals surface area contributed by atoms with Gasteiger partial charge in [0, 0.05) is 34.1 Å². The van der Waals surface area contributed by atoms with Crippen LogP contribution in [0.25, 0.3) is 5.70 Å². The van der Waals surface area contributed by atoms with Crippen LogP contribution in [0.4, 0.5) is 10.3 Å². The number of nitrogens with zero attached hydrogens (tertiary/aromatic N) is 5. The highest BCUT2D eigenvalue weighted by atomic mass is 35.5. The fourth-order valence-electron chi connectivity index (χ4n) is 4.17. The number of nitrogens with one attached hydrogen (secondary N) is 1. The molecule has 0 saturated heterocycles. The Balaban J connectivity index is 1.67. The smallest absolute Gasteiger partial charge is 0.248 e. The summed E-state index contributed by atoms with van der Waals surface area (Å²) < 4.78 is 23.0. The van der Waals surface area contributed by atoms with Crippen LogP contribution in [0.3, 0.4) is 0 Å². The van der Waals surface area contributed by atoms with Crippen LogP contribution in [-0.4, -0.2) is 25.2 Å². The first-order chi connectivity index (χ1) is 15.2. The largest absolute Gasteiger partial charge is 0.480 e. The van der Waals surface area contributed by atoms with Crippen LogP contribution in [0, 0.1) is 5.82 Å².